The lowest BCUT2D eigenvalue weighted by molar-refractivity contribution is -0.384. The topological polar surface area (TPSA) is 105 Å². The predicted molar refractivity (Wildman–Crippen MR) is 113 cm³/mol. The zero-order chi connectivity index (χ0) is 21.7. The number of carbonyl (C=O) groups excluding carboxylic acids is 2. The first kappa shape index (κ1) is 21.3. The van der Waals surface area contributed by atoms with Crippen molar-refractivity contribution in [3.8, 4) is 5.75 Å². The van der Waals surface area contributed by atoms with Gasteiger partial charge in [-0.3, -0.25) is 24.6 Å². The first-order chi connectivity index (χ1) is 14.4. The molecule has 3 rings (SSSR count). The molecule has 0 aliphatic carbocycles. The minimum absolute atomic E-state index is 0.0330. The number of nitrogens with one attached hydrogen (secondary N) is 1. The number of amides is 2. The van der Waals surface area contributed by atoms with Crippen molar-refractivity contribution in [3.63, 3.8) is 0 Å². The lowest BCUT2D eigenvalue weighted by Crippen LogP contribution is -2.45. The summed E-state index contributed by atoms with van der Waals surface area (Å²) in [5.41, 5.74) is 1.19. The molecule has 0 saturated carbocycles. The number of methoxy groups -OCH3 is 1. The highest BCUT2D eigenvalue weighted by atomic mass is 16.6. The Morgan fingerprint density at radius 1 is 1.20 bits per heavy atom. The van der Waals surface area contributed by atoms with Crippen LogP contribution in [0.1, 0.15) is 12.8 Å². The summed E-state index contributed by atoms with van der Waals surface area (Å²) in [6, 6.07) is 12.5. The first-order valence-corrected chi connectivity index (χ1v) is 9.59. The minimum Gasteiger partial charge on any atom is -0.497 e. The molecule has 1 saturated heterocycles. The van der Waals surface area contributed by atoms with Gasteiger partial charge < -0.3 is 15.0 Å². The minimum atomic E-state index is -0.484. The smallest absolute Gasteiger partial charge is 0.269 e. The average Bonchev–Trinajstić information content (AvgIpc) is 3.22. The molecule has 9 heteroatoms. The fourth-order valence-electron chi connectivity index (χ4n) is 3.43. The molecule has 1 aliphatic rings. The van der Waals surface area contributed by atoms with Gasteiger partial charge in [0.15, 0.2) is 0 Å². The summed E-state index contributed by atoms with van der Waals surface area (Å²) in [5.74, 6) is 0.367. The lowest BCUT2D eigenvalue weighted by Gasteiger charge is -2.26. The van der Waals surface area contributed by atoms with Gasteiger partial charge in [0.1, 0.15) is 5.75 Å². The molecular weight excluding hydrogens is 388 g/mol. The van der Waals surface area contributed by atoms with E-state index in [9.17, 15) is 19.7 Å². The maximum Gasteiger partial charge on any atom is 0.269 e. The van der Waals surface area contributed by atoms with Gasteiger partial charge in [0, 0.05) is 30.6 Å². The second-order valence-corrected chi connectivity index (χ2v) is 7.07. The van der Waals surface area contributed by atoms with E-state index in [4.69, 9.17) is 4.74 Å². The normalized spacial score (nSPS) is 16.1. The fourth-order valence-corrected chi connectivity index (χ4v) is 3.43. The number of likely N-dealkylation sites (tertiary alicyclic amines) is 1. The van der Waals surface area contributed by atoms with Gasteiger partial charge in [-0.2, -0.15) is 0 Å². The zero-order valence-electron chi connectivity index (χ0n) is 16.9. The van der Waals surface area contributed by atoms with Crippen molar-refractivity contribution < 1.29 is 19.2 Å². The summed E-state index contributed by atoms with van der Waals surface area (Å²) in [6.45, 7) is 0.745. The van der Waals surface area contributed by atoms with Crippen LogP contribution >= 0.6 is 0 Å². The number of nitrogens with zero attached hydrogens (tertiary/aromatic N) is 3. The summed E-state index contributed by atoms with van der Waals surface area (Å²) in [6.07, 6.45) is 1.51. The van der Waals surface area contributed by atoms with Crippen molar-refractivity contribution in [2.24, 2.45) is 0 Å². The highest BCUT2D eigenvalue weighted by molar-refractivity contribution is 5.97. The highest BCUT2D eigenvalue weighted by Gasteiger charge is 2.32. The van der Waals surface area contributed by atoms with E-state index in [0.29, 0.717) is 30.1 Å². The van der Waals surface area contributed by atoms with E-state index in [1.807, 2.05) is 4.90 Å². The number of hydrogen-bond acceptors (Lipinski definition) is 6. The second kappa shape index (κ2) is 9.36. The number of nitro benzene ring substituents is 1. The fraction of sp³-hybridized carbons (Fsp3) is 0.333. The number of anilines is 2. The van der Waals surface area contributed by atoms with Crippen LogP contribution < -0.4 is 15.0 Å². The second-order valence-electron chi connectivity index (χ2n) is 7.07. The number of non-ortho nitro benzene ring substituents is 1. The number of ether oxygens (including phenoxy) is 1. The molecule has 1 heterocycles. The molecule has 1 fully saturated rings. The van der Waals surface area contributed by atoms with Crippen LogP contribution in [0, 0.1) is 10.1 Å². The van der Waals surface area contributed by atoms with E-state index in [1.165, 1.54) is 29.2 Å². The Morgan fingerprint density at radius 2 is 1.87 bits per heavy atom. The van der Waals surface area contributed by atoms with Crippen molar-refractivity contribution in [3.05, 3.63) is 58.6 Å². The molecule has 1 atom stereocenters. The molecule has 9 nitrogen and oxygen atoms in total. The standard InChI is InChI=1S/C21H24N4O5/c1-23(16-7-9-17(10-8-16)25(28)29)20(26)14-24-13-3-4-19(24)21(27)22-15-5-11-18(30-2)12-6-15/h5-12,19H,3-4,13-14H2,1-2H3,(H,22,27)/t19-/m0/s1. The van der Waals surface area contributed by atoms with E-state index >= 15 is 0 Å². The van der Waals surface area contributed by atoms with Crippen LogP contribution in [0.2, 0.25) is 0 Å². The summed E-state index contributed by atoms with van der Waals surface area (Å²) in [4.78, 5) is 39.1. The predicted octanol–water partition coefficient (Wildman–Crippen LogP) is 2.67. The molecule has 0 aromatic heterocycles. The third-order valence-corrected chi connectivity index (χ3v) is 5.18. The Kier molecular flexibility index (Phi) is 6.63. The first-order valence-electron chi connectivity index (χ1n) is 9.59. The van der Waals surface area contributed by atoms with Crippen molar-refractivity contribution >= 4 is 28.9 Å². The van der Waals surface area contributed by atoms with Crippen LogP contribution in [0.5, 0.6) is 5.75 Å². The van der Waals surface area contributed by atoms with Crippen molar-refractivity contribution in [1.29, 1.82) is 0 Å². The molecule has 2 aromatic rings. The molecule has 0 radical (unpaired) electrons. The molecule has 0 unspecified atom stereocenters. The highest BCUT2D eigenvalue weighted by Crippen LogP contribution is 2.22. The maximum atomic E-state index is 12.7. The summed E-state index contributed by atoms with van der Waals surface area (Å²) in [5, 5.41) is 13.7. The molecule has 30 heavy (non-hydrogen) atoms. The van der Waals surface area contributed by atoms with Crippen molar-refractivity contribution in [2.45, 2.75) is 18.9 Å². The summed E-state index contributed by atoms with van der Waals surface area (Å²) < 4.78 is 5.12. The van der Waals surface area contributed by atoms with E-state index in [1.54, 1.807) is 38.4 Å². The van der Waals surface area contributed by atoms with Crippen LogP contribution in [-0.2, 0) is 9.59 Å². The van der Waals surface area contributed by atoms with E-state index in [-0.39, 0.29) is 30.1 Å². The largest absolute Gasteiger partial charge is 0.497 e. The maximum absolute atomic E-state index is 12.7. The Balaban J connectivity index is 1.60. The van der Waals surface area contributed by atoms with Gasteiger partial charge in [0.05, 0.1) is 24.6 Å². The van der Waals surface area contributed by atoms with Crippen LogP contribution in [0.25, 0.3) is 0 Å². The van der Waals surface area contributed by atoms with Crippen LogP contribution in [0.3, 0.4) is 0 Å². The van der Waals surface area contributed by atoms with Crippen molar-refractivity contribution in [2.75, 3.05) is 37.5 Å². The molecule has 1 N–H and O–H groups in total. The Bertz CT molecular complexity index is 914. The van der Waals surface area contributed by atoms with Crippen LogP contribution in [0.4, 0.5) is 17.1 Å². The van der Waals surface area contributed by atoms with Gasteiger partial charge in [-0.1, -0.05) is 0 Å². The molecular formula is C21H24N4O5. The quantitative estimate of drug-likeness (QED) is 0.554. The van der Waals surface area contributed by atoms with E-state index in [2.05, 4.69) is 5.32 Å². The van der Waals surface area contributed by atoms with Gasteiger partial charge in [-0.15, -0.1) is 0 Å². The third-order valence-electron chi connectivity index (χ3n) is 5.18. The lowest BCUT2D eigenvalue weighted by atomic mass is 10.2. The molecule has 1 aliphatic heterocycles. The Hall–Kier alpha value is -3.46. The van der Waals surface area contributed by atoms with Crippen LogP contribution in [-0.4, -0.2) is 54.9 Å². The molecule has 158 valence electrons. The monoisotopic (exact) mass is 412 g/mol. The van der Waals surface area contributed by atoms with Gasteiger partial charge in [0.2, 0.25) is 11.8 Å². The van der Waals surface area contributed by atoms with Gasteiger partial charge in [-0.25, -0.2) is 0 Å². The van der Waals surface area contributed by atoms with E-state index < -0.39 is 4.92 Å². The van der Waals surface area contributed by atoms with Gasteiger partial charge in [-0.05, 0) is 55.8 Å². The number of likely N-dealkylation sites (N-methyl/N-ethyl adjacent to an activating group) is 1. The third kappa shape index (κ3) is 4.93. The number of hydrogen-bond donors (Lipinski definition) is 1. The van der Waals surface area contributed by atoms with Crippen molar-refractivity contribution in [1.82, 2.24) is 4.90 Å². The molecule has 0 bridgehead atoms. The van der Waals surface area contributed by atoms with Gasteiger partial charge in [0.25, 0.3) is 5.69 Å². The average molecular weight is 412 g/mol. The number of rotatable bonds is 7. The Labute approximate surface area is 174 Å². The number of nitro groups is 1. The Morgan fingerprint density at radius 3 is 2.47 bits per heavy atom. The molecule has 2 amide bonds. The molecule has 2 aromatic carbocycles. The van der Waals surface area contributed by atoms with Gasteiger partial charge >= 0.3 is 0 Å². The summed E-state index contributed by atoms with van der Waals surface area (Å²) in [7, 11) is 3.20. The summed E-state index contributed by atoms with van der Waals surface area (Å²) >= 11 is 0. The van der Waals surface area contributed by atoms with Crippen LogP contribution in [0.15, 0.2) is 48.5 Å². The zero-order valence-corrected chi connectivity index (χ0v) is 16.9. The number of benzene rings is 2. The SMILES string of the molecule is COc1ccc(NC(=O)[C@@H]2CCCN2CC(=O)N(C)c2ccc([N+](=O)[O-])cc2)cc1. The molecule has 0 spiro atoms. The van der Waals surface area contributed by atoms with E-state index in [0.717, 1.165) is 6.42 Å². The number of carbonyl (C=O) groups is 2.